The van der Waals surface area contributed by atoms with Gasteiger partial charge in [-0.2, -0.15) is 5.11 Å². The number of nitrogens with one attached hydrogen (secondary N) is 2. The Kier molecular flexibility index (Phi) is 5.98. The lowest BCUT2D eigenvalue weighted by molar-refractivity contribution is 0.355. The van der Waals surface area contributed by atoms with Crippen LogP contribution in [-0.4, -0.2) is 36.5 Å². The van der Waals surface area contributed by atoms with E-state index in [0.717, 1.165) is 11.1 Å². The summed E-state index contributed by atoms with van der Waals surface area (Å²) >= 11 is 0. The van der Waals surface area contributed by atoms with Crippen LogP contribution in [0.4, 0.5) is 11.4 Å². The number of H-pyrrole nitrogens is 2. The standard InChI is InChI=1S/C23H21N5O4/c1-30-18-9-7-16(12-17(18)15-5-4-10-24-13-15)25-27-22-21(26-28-23(22)29)14-6-8-19(31-2)20(11-14)32-3/h4-13H,1-3H3,(H2,26,28,29). The number of aromatic amines is 2. The molecule has 9 heteroatoms. The minimum atomic E-state index is -0.389. The molecule has 0 saturated heterocycles. The van der Waals surface area contributed by atoms with Crippen LogP contribution in [0.2, 0.25) is 0 Å². The van der Waals surface area contributed by atoms with Gasteiger partial charge in [0.1, 0.15) is 5.75 Å². The lowest BCUT2D eigenvalue weighted by Gasteiger charge is -2.09. The topological polar surface area (TPSA) is 114 Å². The van der Waals surface area contributed by atoms with Crippen LogP contribution >= 0.6 is 0 Å². The van der Waals surface area contributed by atoms with Gasteiger partial charge >= 0.3 is 0 Å². The lowest BCUT2D eigenvalue weighted by atomic mass is 10.1. The Morgan fingerprint density at radius 2 is 1.59 bits per heavy atom. The first-order valence-corrected chi connectivity index (χ1v) is 9.67. The molecule has 0 radical (unpaired) electrons. The number of ether oxygens (including phenoxy) is 3. The average molecular weight is 431 g/mol. The predicted molar refractivity (Wildman–Crippen MR) is 120 cm³/mol. The fraction of sp³-hybridized carbons (Fsp3) is 0.130. The van der Waals surface area contributed by atoms with Crippen LogP contribution < -0.4 is 19.8 Å². The lowest BCUT2D eigenvalue weighted by Crippen LogP contribution is -1.96. The number of hydrogen-bond acceptors (Lipinski definition) is 7. The molecule has 2 N–H and O–H groups in total. The quantitative estimate of drug-likeness (QED) is 0.405. The minimum absolute atomic E-state index is 0.149. The number of azo groups is 1. The maximum absolute atomic E-state index is 12.4. The van der Waals surface area contributed by atoms with E-state index in [1.807, 2.05) is 18.2 Å². The Bertz CT molecular complexity index is 1310. The van der Waals surface area contributed by atoms with E-state index >= 15 is 0 Å². The van der Waals surface area contributed by atoms with E-state index in [0.29, 0.717) is 34.2 Å². The maximum Gasteiger partial charge on any atom is 0.292 e. The van der Waals surface area contributed by atoms with Crippen molar-refractivity contribution in [1.29, 1.82) is 0 Å². The van der Waals surface area contributed by atoms with Crippen molar-refractivity contribution in [3.8, 4) is 39.6 Å². The van der Waals surface area contributed by atoms with Crippen molar-refractivity contribution >= 4 is 11.4 Å². The third kappa shape index (κ3) is 4.08. The van der Waals surface area contributed by atoms with E-state index in [1.165, 1.54) is 0 Å². The van der Waals surface area contributed by atoms with Gasteiger partial charge in [-0.3, -0.25) is 20.0 Å². The highest BCUT2D eigenvalue weighted by molar-refractivity contribution is 5.74. The van der Waals surface area contributed by atoms with Crippen molar-refractivity contribution in [2.45, 2.75) is 0 Å². The second-order valence-corrected chi connectivity index (χ2v) is 6.70. The Hall–Kier alpha value is -4.40. The molecule has 162 valence electrons. The summed E-state index contributed by atoms with van der Waals surface area (Å²) in [6.45, 7) is 0. The van der Waals surface area contributed by atoms with Gasteiger partial charge in [0.25, 0.3) is 5.56 Å². The van der Waals surface area contributed by atoms with Gasteiger partial charge < -0.3 is 14.2 Å². The summed E-state index contributed by atoms with van der Waals surface area (Å²) in [5.41, 5.74) is 3.20. The Morgan fingerprint density at radius 1 is 0.812 bits per heavy atom. The highest BCUT2D eigenvalue weighted by atomic mass is 16.5. The van der Waals surface area contributed by atoms with Crippen molar-refractivity contribution in [3.05, 3.63) is 71.3 Å². The van der Waals surface area contributed by atoms with Crippen LogP contribution in [0.15, 0.2) is 75.9 Å². The molecule has 0 bridgehead atoms. The van der Waals surface area contributed by atoms with Gasteiger partial charge in [0.15, 0.2) is 17.2 Å². The second kappa shape index (κ2) is 9.17. The molecule has 2 aromatic carbocycles. The third-order valence-electron chi connectivity index (χ3n) is 4.85. The molecule has 0 fully saturated rings. The molecule has 9 nitrogen and oxygen atoms in total. The average Bonchev–Trinajstić information content (AvgIpc) is 3.22. The van der Waals surface area contributed by atoms with Gasteiger partial charge in [0, 0.05) is 29.1 Å². The van der Waals surface area contributed by atoms with Crippen molar-refractivity contribution in [2.24, 2.45) is 10.2 Å². The van der Waals surface area contributed by atoms with Gasteiger partial charge in [-0.25, -0.2) is 0 Å². The highest BCUT2D eigenvalue weighted by Crippen LogP contribution is 2.36. The molecule has 4 aromatic rings. The van der Waals surface area contributed by atoms with Crippen LogP contribution in [0.5, 0.6) is 17.2 Å². The Labute approximate surface area is 183 Å². The molecule has 0 saturated carbocycles. The van der Waals surface area contributed by atoms with Gasteiger partial charge in [-0.1, -0.05) is 6.07 Å². The van der Waals surface area contributed by atoms with Crippen molar-refractivity contribution in [2.75, 3.05) is 21.3 Å². The zero-order valence-electron chi connectivity index (χ0n) is 17.7. The fourth-order valence-corrected chi connectivity index (χ4v) is 3.26. The predicted octanol–water partition coefficient (Wildman–Crippen LogP) is 4.87. The first kappa shape index (κ1) is 20.9. The van der Waals surface area contributed by atoms with E-state index < -0.39 is 0 Å². The zero-order valence-corrected chi connectivity index (χ0v) is 17.7. The molecular weight excluding hydrogens is 410 g/mol. The summed E-state index contributed by atoms with van der Waals surface area (Å²) in [5, 5.41) is 13.9. The molecule has 2 heterocycles. The number of aromatic nitrogens is 3. The summed E-state index contributed by atoms with van der Waals surface area (Å²) in [5.74, 6) is 1.80. The molecule has 0 aliphatic carbocycles. The van der Waals surface area contributed by atoms with E-state index in [4.69, 9.17) is 14.2 Å². The van der Waals surface area contributed by atoms with Crippen LogP contribution in [0.1, 0.15) is 0 Å². The van der Waals surface area contributed by atoms with Crippen molar-refractivity contribution in [3.63, 3.8) is 0 Å². The van der Waals surface area contributed by atoms with E-state index in [1.54, 1.807) is 64.1 Å². The molecule has 32 heavy (non-hydrogen) atoms. The third-order valence-corrected chi connectivity index (χ3v) is 4.85. The monoisotopic (exact) mass is 431 g/mol. The SMILES string of the molecule is COc1ccc(-c2[nH][nH]c(=O)c2N=Nc2ccc(OC)c(-c3cccnc3)c2)cc1OC. The summed E-state index contributed by atoms with van der Waals surface area (Å²) in [7, 11) is 4.71. The smallest absolute Gasteiger partial charge is 0.292 e. The summed E-state index contributed by atoms with van der Waals surface area (Å²) < 4.78 is 16.1. The molecule has 0 aliphatic rings. The number of rotatable bonds is 7. The molecule has 2 aromatic heterocycles. The van der Waals surface area contributed by atoms with Gasteiger partial charge in [-0.05, 0) is 42.5 Å². The fourth-order valence-electron chi connectivity index (χ4n) is 3.26. The molecule has 0 amide bonds. The van der Waals surface area contributed by atoms with Crippen LogP contribution in [0.25, 0.3) is 22.4 Å². The van der Waals surface area contributed by atoms with Crippen molar-refractivity contribution in [1.82, 2.24) is 15.2 Å². The number of benzene rings is 2. The van der Waals surface area contributed by atoms with Gasteiger partial charge in [0.05, 0.1) is 32.7 Å². The highest BCUT2D eigenvalue weighted by Gasteiger charge is 2.15. The molecule has 0 spiro atoms. The Balaban J connectivity index is 1.71. The molecule has 4 rings (SSSR count). The first-order chi connectivity index (χ1) is 15.6. The second-order valence-electron chi connectivity index (χ2n) is 6.70. The number of hydrogen-bond donors (Lipinski definition) is 2. The van der Waals surface area contributed by atoms with Crippen LogP contribution in [0, 0.1) is 0 Å². The van der Waals surface area contributed by atoms with Crippen LogP contribution in [-0.2, 0) is 0 Å². The molecular formula is C23H21N5O4. The van der Waals surface area contributed by atoms with Gasteiger partial charge in [0.2, 0.25) is 0 Å². The number of nitrogens with zero attached hydrogens (tertiary/aromatic N) is 3. The van der Waals surface area contributed by atoms with Gasteiger partial charge in [-0.15, -0.1) is 5.11 Å². The largest absolute Gasteiger partial charge is 0.496 e. The number of pyridine rings is 1. The van der Waals surface area contributed by atoms with E-state index in [9.17, 15) is 4.79 Å². The molecule has 0 unspecified atom stereocenters. The maximum atomic E-state index is 12.4. The number of methoxy groups -OCH3 is 3. The molecule has 0 aliphatic heterocycles. The minimum Gasteiger partial charge on any atom is -0.496 e. The van der Waals surface area contributed by atoms with Crippen LogP contribution in [0.3, 0.4) is 0 Å². The summed E-state index contributed by atoms with van der Waals surface area (Å²) in [6, 6.07) is 14.5. The summed E-state index contributed by atoms with van der Waals surface area (Å²) in [4.78, 5) is 16.5. The first-order valence-electron chi connectivity index (χ1n) is 9.67. The zero-order chi connectivity index (χ0) is 22.5. The van der Waals surface area contributed by atoms with E-state index in [-0.39, 0.29) is 11.2 Å². The molecule has 0 atom stereocenters. The van der Waals surface area contributed by atoms with Crippen molar-refractivity contribution < 1.29 is 14.2 Å². The summed E-state index contributed by atoms with van der Waals surface area (Å²) in [6.07, 6.45) is 3.44. The normalized spacial score (nSPS) is 11.0. The Morgan fingerprint density at radius 3 is 2.31 bits per heavy atom. The van der Waals surface area contributed by atoms with E-state index in [2.05, 4.69) is 25.4 Å².